The van der Waals surface area contributed by atoms with Crippen LogP contribution in [0.3, 0.4) is 0 Å². The van der Waals surface area contributed by atoms with Gasteiger partial charge >= 0.3 is 0 Å². The van der Waals surface area contributed by atoms with Crippen LogP contribution in [0.25, 0.3) is 0 Å². The van der Waals surface area contributed by atoms with Crippen molar-refractivity contribution in [3.8, 4) is 0 Å². The largest absolute Gasteiger partial charge is 0.336 e. The number of amides is 2. The Hall–Kier alpha value is -2.63. The Balaban J connectivity index is 1.69. The molecule has 1 saturated heterocycles. The molecular formula is C23H30N4O2. The summed E-state index contributed by atoms with van der Waals surface area (Å²) in [5, 5.41) is 0. The fraction of sp³-hybridized carbons (Fsp3) is 0.522. The fourth-order valence-electron chi connectivity index (χ4n) is 4.47. The highest BCUT2D eigenvalue weighted by Crippen LogP contribution is 2.25. The molecule has 2 aliphatic heterocycles. The minimum atomic E-state index is -0.112. The second-order valence-corrected chi connectivity index (χ2v) is 7.93. The summed E-state index contributed by atoms with van der Waals surface area (Å²) in [5.74, 6) is 0.324. The van der Waals surface area contributed by atoms with Crippen LogP contribution in [0.5, 0.6) is 0 Å². The van der Waals surface area contributed by atoms with Gasteiger partial charge in [-0.3, -0.25) is 9.59 Å². The summed E-state index contributed by atoms with van der Waals surface area (Å²) in [6, 6.07) is 9.68. The monoisotopic (exact) mass is 394 g/mol. The molecule has 0 bridgehead atoms. The van der Waals surface area contributed by atoms with Gasteiger partial charge in [0.1, 0.15) is 0 Å². The summed E-state index contributed by atoms with van der Waals surface area (Å²) >= 11 is 0. The van der Waals surface area contributed by atoms with Crippen molar-refractivity contribution in [1.82, 2.24) is 14.5 Å². The van der Waals surface area contributed by atoms with Crippen molar-refractivity contribution in [2.24, 2.45) is 0 Å². The predicted octanol–water partition coefficient (Wildman–Crippen LogP) is 3.90. The number of fused-ring (bicyclic) bond motifs is 1. The molecule has 6 heteroatoms. The first-order valence-electron chi connectivity index (χ1n) is 11.0. The minimum absolute atomic E-state index is 0.0168. The van der Waals surface area contributed by atoms with E-state index in [1.165, 1.54) is 12.8 Å². The molecule has 1 fully saturated rings. The zero-order valence-corrected chi connectivity index (χ0v) is 17.3. The minimum Gasteiger partial charge on any atom is -0.336 e. The topological polar surface area (TPSA) is 58.4 Å². The first-order chi connectivity index (χ1) is 14.2. The maximum atomic E-state index is 13.4. The molecule has 2 aromatic rings. The van der Waals surface area contributed by atoms with Gasteiger partial charge in [0.25, 0.3) is 11.8 Å². The average Bonchev–Trinajstić information content (AvgIpc) is 2.94. The zero-order valence-electron chi connectivity index (χ0n) is 17.3. The Bertz CT molecular complexity index is 867. The Morgan fingerprint density at radius 3 is 2.34 bits per heavy atom. The number of anilines is 1. The molecule has 4 rings (SSSR count). The zero-order chi connectivity index (χ0) is 20.2. The van der Waals surface area contributed by atoms with Gasteiger partial charge < -0.3 is 14.4 Å². The number of aromatic nitrogens is 2. The summed E-state index contributed by atoms with van der Waals surface area (Å²) in [5.41, 5.74) is 2.24. The number of rotatable bonds is 4. The molecule has 0 spiro atoms. The molecule has 2 aliphatic rings. The van der Waals surface area contributed by atoms with Crippen LogP contribution >= 0.6 is 0 Å². The summed E-state index contributed by atoms with van der Waals surface area (Å²) in [6.45, 7) is 4.87. The van der Waals surface area contributed by atoms with Gasteiger partial charge in [-0.1, -0.05) is 31.0 Å². The highest BCUT2D eigenvalue weighted by molar-refractivity contribution is 6.06. The second kappa shape index (κ2) is 8.80. The normalized spacial score (nSPS) is 16.8. The van der Waals surface area contributed by atoms with E-state index in [1.54, 1.807) is 4.90 Å². The summed E-state index contributed by atoms with van der Waals surface area (Å²) in [6.07, 6.45) is 7.29. The molecule has 2 amide bonds. The van der Waals surface area contributed by atoms with E-state index in [4.69, 9.17) is 0 Å². The lowest BCUT2D eigenvalue weighted by Crippen LogP contribution is -2.34. The number of hydrogen-bond acceptors (Lipinski definition) is 3. The van der Waals surface area contributed by atoms with E-state index in [9.17, 15) is 9.59 Å². The van der Waals surface area contributed by atoms with Gasteiger partial charge in [0.15, 0.2) is 11.5 Å². The van der Waals surface area contributed by atoms with Gasteiger partial charge in [-0.25, -0.2) is 4.98 Å². The number of likely N-dealkylation sites (tertiary alicyclic amines) is 1. The average molecular weight is 395 g/mol. The van der Waals surface area contributed by atoms with Crippen LogP contribution < -0.4 is 4.90 Å². The van der Waals surface area contributed by atoms with Crippen molar-refractivity contribution in [3.05, 3.63) is 47.5 Å². The Morgan fingerprint density at radius 2 is 1.66 bits per heavy atom. The van der Waals surface area contributed by atoms with E-state index < -0.39 is 0 Å². The molecule has 6 nitrogen and oxygen atoms in total. The van der Waals surface area contributed by atoms with Crippen molar-refractivity contribution in [1.29, 1.82) is 0 Å². The highest BCUT2D eigenvalue weighted by atomic mass is 16.2. The number of imidazole rings is 1. The summed E-state index contributed by atoms with van der Waals surface area (Å²) in [7, 11) is 0. The Labute approximate surface area is 172 Å². The smallest absolute Gasteiger partial charge is 0.289 e. The lowest BCUT2D eigenvalue weighted by Gasteiger charge is -2.23. The molecule has 29 heavy (non-hydrogen) atoms. The van der Waals surface area contributed by atoms with E-state index in [-0.39, 0.29) is 11.8 Å². The van der Waals surface area contributed by atoms with Gasteiger partial charge in [-0.2, -0.15) is 0 Å². The van der Waals surface area contributed by atoms with Gasteiger partial charge in [-0.15, -0.1) is 0 Å². The van der Waals surface area contributed by atoms with E-state index in [1.807, 2.05) is 46.7 Å². The van der Waals surface area contributed by atoms with Gasteiger partial charge in [0.2, 0.25) is 0 Å². The lowest BCUT2D eigenvalue weighted by atomic mass is 10.1. The molecule has 3 heterocycles. The van der Waals surface area contributed by atoms with Crippen molar-refractivity contribution in [2.75, 3.05) is 24.5 Å². The van der Waals surface area contributed by atoms with E-state index in [0.29, 0.717) is 18.1 Å². The van der Waals surface area contributed by atoms with Gasteiger partial charge in [-0.05, 0) is 51.2 Å². The number of para-hydroxylation sites is 1. The van der Waals surface area contributed by atoms with Crippen LogP contribution in [0.15, 0.2) is 30.3 Å². The van der Waals surface area contributed by atoms with Crippen LogP contribution in [-0.4, -0.2) is 45.9 Å². The first kappa shape index (κ1) is 19.7. The number of carbonyl (C=O) groups is 2. The van der Waals surface area contributed by atoms with Crippen LogP contribution in [0.4, 0.5) is 5.69 Å². The predicted molar refractivity (Wildman–Crippen MR) is 113 cm³/mol. The summed E-state index contributed by atoms with van der Waals surface area (Å²) in [4.78, 5) is 35.1. The maximum Gasteiger partial charge on any atom is 0.289 e. The van der Waals surface area contributed by atoms with Crippen molar-refractivity contribution < 1.29 is 9.59 Å². The quantitative estimate of drug-likeness (QED) is 0.790. The molecular weight excluding hydrogens is 364 g/mol. The van der Waals surface area contributed by atoms with Gasteiger partial charge in [0, 0.05) is 31.9 Å². The molecule has 0 saturated carbocycles. The van der Waals surface area contributed by atoms with E-state index in [0.717, 1.165) is 63.1 Å². The number of benzene rings is 1. The third-order valence-electron chi connectivity index (χ3n) is 6.03. The molecule has 0 N–H and O–H groups in total. The van der Waals surface area contributed by atoms with Crippen LogP contribution in [-0.2, 0) is 13.0 Å². The van der Waals surface area contributed by atoms with Crippen LogP contribution in [0.2, 0.25) is 0 Å². The number of carbonyl (C=O) groups excluding carboxylic acids is 2. The highest BCUT2D eigenvalue weighted by Gasteiger charge is 2.31. The van der Waals surface area contributed by atoms with Crippen molar-refractivity contribution in [3.63, 3.8) is 0 Å². The van der Waals surface area contributed by atoms with E-state index >= 15 is 0 Å². The van der Waals surface area contributed by atoms with Crippen LogP contribution in [0, 0.1) is 0 Å². The molecule has 0 unspecified atom stereocenters. The SMILES string of the molecule is CCN(C(=O)c1nc(C(=O)N2CCCCCC2)n2c1CCCC2)c1ccccc1. The molecule has 1 aromatic carbocycles. The maximum absolute atomic E-state index is 13.4. The fourth-order valence-corrected chi connectivity index (χ4v) is 4.47. The van der Waals surface area contributed by atoms with E-state index in [2.05, 4.69) is 4.98 Å². The van der Waals surface area contributed by atoms with Gasteiger partial charge in [0.05, 0.1) is 5.69 Å². The molecule has 0 atom stereocenters. The third kappa shape index (κ3) is 3.93. The van der Waals surface area contributed by atoms with Crippen LogP contribution in [0.1, 0.15) is 72.3 Å². The number of nitrogens with zero attached hydrogens (tertiary/aromatic N) is 4. The lowest BCUT2D eigenvalue weighted by molar-refractivity contribution is 0.0743. The Kier molecular flexibility index (Phi) is 5.97. The standard InChI is InChI=1S/C23H30N4O2/c1-2-26(18-12-6-5-7-13-18)22(28)20-19-14-8-11-17-27(19)21(24-20)23(29)25-15-9-3-4-10-16-25/h5-7,12-13H,2-4,8-11,14-17H2,1H3. The summed E-state index contributed by atoms with van der Waals surface area (Å²) < 4.78 is 2.02. The van der Waals surface area contributed by atoms with Crippen molar-refractivity contribution in [2.45, 2.75) is 58.4 Å². The molecule has 154 valence electrons. The molecule has 1 aromatic heterocycles. The first-order valence-corrected chi connectivity index (χ1v) is 11.0. The van der Waals surface area contributed by atoms with Crippen molar-refractivity contribution >= 4 is 17.5 Å². The molecule has 0 radical (unpaired) electrons. The molecule has 0 aliphatic carbocycles. The second-order valence-electron chi connectivity index (χ2n) is 7.93. The number of hydrogen-bond donors (Lipinski definition) is 0. The Morgan fingerprint density at radius 1 is 0.966 bits per heavy atom. The third-order valence-corrected chi connectivity index (χ3v) is 6.03.